The van der Waals surface area contributed by atoms with Crippen molar-refractivity contribution in [2.75, 3.05) is 0 Å². The molecule has 112 valence electrons. The fraction of sp³-hybridized carbons (Fsp3) is 0.188. The highest BCUT2D eigenvalue weighted by Crippen LogP contribution is 2.35. The first kappa shape index (κ1) is 14.5. The van der Waals surface area contributed by atoms with Gasteiger partial charge in [-0.2, -0.15) is 0 Å². The van der Waals surface area contributed by atoms with E-state index >= 15 is 0 Å². The van der Waals surface area contributed by atoms with Gasteiger partial charge in [0.05, 0.1) is 5.69 Å². The van der Waals surface area contributed by atoms with Crippen LogP contribution in [-0.2, 0) is 6.54 Å². The maximum Gasteiger partial charge on any atom is 0.262 e. The lowest BCUT2D eigenvalue weighted by Gasteiger charge is -2.09. The number of benzene rings is 1. The van der Waals surface area contributed by atoms with Gasteiger partial charge in [0.2, 0.25) is 5.88 Å². The number of fused-ring (bicyclic) bond motifs is 1. The lowest BCUT2D eigenvalue weighted by molar-refractivity contribution is 0.408. The molecule has 0 atom stereocenters. The number of para-hydroxylation sites is 1. The number of nitrogens with zero attached hydrogens (tertiary/aromatic N) is 2. The minimum Gasteiger partial charge on any atom is -0.494 e. The summed E-state index contributed by atoms with van der Waals surface area (Å²) in [6.45, 7) is 4.20. The second-order valence-corrected chi connectivity index (χ2v) is 5.40. The van der Waals surface area contributed by atoms with E-state index in [2.05, 4.69) is 9.98 Å². The van der Waals surface area contributed by atoms with Crippen LogP contribution in [0.1, 0.15) is 25.0 Å². The molecule has 6 heteroatoms. The third-order valence-electron chi connectivity index (χ3n) is 3.68. The lowest BCUT2D eigenvalue weighted by atomic mass is 10.0. The van der Waals surface area contributed by atoms with Gasteiger partial charge in [0.15, 0.2) is 4.77 Å². The molecule has 0 spiro atoms. The standard InChI is InChI=1S/C16H15N3O2S/c1-3-19-15(21)12(14(20)18-16(19)22)8-11-9(2)17-13-7-5-4-6-10(11)13/h4-8,21H,3H2,1-2H3,(H,18,20,22)/b11-8+. The normalized spacial score (nSPS) is 15.0. The first-order valence-electron chi connectivity index (χ1n) is 6.95. The Morgan fingerprint density at radius 2 is 2.14 bits per heavy atom. The summed E-state index contributed by atoms with van der Waals surface area (Å²) in [5, 5.41) is 10.3. The Morgan fingerprint density at radius 1 is 1.41 bits per heavy atom. The fourth-order valence-corrected chi connectivity index (χ4v) is 2.87. The Balaban J connectivity index is 2.25. The van der Waals surface area contributed by atoms with E-state index in [1.165, 1.54) is 4.57 Å². The molecular formula is C16H15N3O2S. The van der Waals surface area contributed by atoms with Crippen molar-refractivity contribution >= 4 is 35.3 Å². The SMILES string of the molecule is CCn1c(O)c(/C=C2\C(C)=Nc3ccccc32)c(=O)[nH]c1=S. The molecule has 0 saturated carbocycles. The highest BCUT2D eigenvalue weighted by Gasteiger charge is 2.19. The smallest absolute Gasteiger partial charge is 0.262 e. The van der Waals surface area contributed by atoms with Gasteiger partial charge in [0.1, 0.15) is 5.56 Å². The van der Waals surface area contributed by atoms with Crippen LogP contribution in [0.5, 0.6) is 5.88 Å². The number of aromatic amines is 1. The van der Waals surface area contributed by atoms with Gasteiger partial charge in [-0.25, -0.2) is 0 Å². The zero-order valence-electron chi connectivity index (χ0n) is 12.3. The quantitative estimate of drug-likeness (QED) is 0.836. The first-order valence-corrected chi connectivity index (χ1v) is 7.36. The molecule has 2 heterocycles. The highest BCUT2D eigenvalue weighted by atomic mass is 32.1. The third-order valence-corrected chi connectivity index (χ3v) is 4.01. The van der Waals surface area contributed by atoms with Gasteiger partial charge < -0.3 is 5.11 Å². The molecule has 5 nitrogen and oxygen atoms in total. The van der Waals surface area contributed by atoms with Crippen LogP contribution in [0.3, 0.4) is 0 Å². The molecule has 1 aliphatic heterocycles. The van der Waals surface area contributed by atoms with Crippen LogP contribution in [0.4, 0.5) is 5.69 Å². The van der Waals surface area contributed by atoms with E-state index in [-0.39, 0.29) is 16.2 Å². The molecule has 1 aromatic carbocycles. The summed E-state index contributed by atoms with van der Waals surface area (Å²) in [6.07, 6.45) is 1.67. The predicted octanol–water partition coefficient (Wildman–Crippen LogP) is 3.28. The van der Waals surface area contributed by atoms with Crippen LogP contribution < -0.4 is 5.56 Å². The van der Waals surface area contributed by atoms with Gasteiger partial charge in [-0.05, 0) is 38.2 Å². The molecule has 22 heavy (non-hydrogen) atoms. The van der Waals surface area contributed by atoms with Gasteiger partial charge in [-0.1, -0.05) is 18.2 Å². The molecule has 0 fully saturated rings. The van der Waals surface area contributed by atoms with Gasteiger partial charge in [-0.15, -0.1) is 0 Å². The molecule has 2 aromatic rings. The van der Waals surface area contributed by atoms with Crippen LogP contribution in [-0.4, -0.2) is 20.4 Å². The summed E-state index contributed by atoms with van der Waals surface area (Å²) >= 11 is 5.06. The number of aromatic hydroxyl groups is 1. The predicted molar refractivity (Wildman–Crippen MR) is 90.3 cm³/mol. The minimum absolute atomic E-state index is 0.124. The molecule has 3 rings (SSSR count). The van der Waals surface area contributed by atoms with E-state index in [4.69, 9.17) is 12.2 Å². The molecule has 2 N–H and O–H groups in total. The van der Waals surface area contributed by atoms with Crippen molar-refractivity contribution in [3.63, 3.8) is 0 Å². The molecule has 1 aromatic heterocycles. The van der Waals surface area contributed by atoms with Crippen molar-refractivity contribution in [3.05, 3.63) is 50.5 Å². The molecular weight excluding hydrogens is 298 g/mol. The van der Waals surface area contributed by atoms with Gasteiger partial charge >= 0.3 is 0 Å². The van der Waals surface area contributed by atoms with Gasteiger partial charge in [0, 0.05) is 23.4 Å². The summed E-state index contributed by atoms with van der Waals surface area (Å²) in [5.74, 6) is -0.124. The second-order valence-electron chi connectivity index (χ2n) is 5.01. The zero-order valence-corrected chi connectivity index (χ0v) is 13.1. The van der Waals surface area contributed by atoms with Crippen molar-refractivity contribution in [3.8, 4) is 5.88 Å². The topological polar surface area (TPSA) is 70.4 Å². The lowest BCUT2D eigenvalue weighted by Crippen LogP contribution is -2.16. The Hall–Kier alpha value is -2.47. The summed E-state index contributed by atoms with van der Waals surface area (Å²) in [4.78, 5) is 19.2. The van der Waals surface area contributed by atoms with Crippen LogP contribution in [0.2, 0.25) is 0 Å². The minimum atomic E-state index is -0.406. The van der Waals surface area contributed by atoms with E-state index in [9.17, 15) is 9.90 Å². The number of hydrogen-bond acceptors (Lipinski definition) is 4. The van der Waals surface area contributed by atoms with Crippen molar-refractivity contribution in [1.29, 1.82) is 0 Å². The highest BCUT2D eigenvalue weighted by molar-refractivity contribution is 7.71. The summed E-state index contributed by atoms with van der Waals surface area (Å²) in [5.41, 5.74) is 3.24. The van der Waals surface area contributed by atoms with E-state index in [0.29, 0.717) is 6.54 Å². The number of hydrogen-bond donors (Lipinski definition) is 2. The van der Waals surface area contributed by atoms with E-state index in [1.54, 1.807) is 6.08 Å². The molecule has 0 saturated heterocycles. The largest absolute Gasteiger partial charge is 0.494 e. The Labute approximate surface area is 132 Å². The van der Waals surface area contributed by atoms with Crippen molar-refractivity contribution in [2.45, 2.75) is 20.4 Å². The summed E-state index contributed by atoms with van der Waals surface area (Å²) < 4.78 is 1.69. The number of aliphatic imine (C=N–C) groups is 1. The Morgan fingerprint density at radius 3 is 2.86 bits per heavy atom. The van der Waals surface area contributed by atoms with Crippen molar-refractivity contribution < 1.29 is 5.11 Å². The van der Waals surface area contributed by atoms with Gasteiger partial charge in [-0.3, -0.25) is 19.3 Å². The van der Waals surface area contributed by atoms with Crippen LogP contribution in [0, 0.1) is 4.77 Å². The number of nitrogens with one attached hydrogen (secondary N) is 1. The number of rotatable bonds is 2. The molecule has 0 aliphatic carbocycles. The Bertz CT molecular complexity index is 935. The number of aromatic nitrogens is 2. The van der Waals surface area contributed by atoms with E-state index < -0.39 is 5.56 Å². The monoisotopic (exact) mass is 313 g/mol. The summed E-state index contributed by atoms with van der Waals surface area (Å²) in [7, 11) is 0. The van der Waals surface area contributed by atoms with E-state index in [1.807, 2.05) is 38.1 Å². The number of H-pyrrole nitrogens is 1. The molecule has 0 bridgehead atoms. The zero-order chi connectivity index (χ0) is 15.9. The average Bonchev–Trinajstić information content (AvgIpc) is 2.79. The second kappa shape index (κ2) is 5.38. The molecule has 0 radical (unpaired) electrons. The maximum atomic E-state index is 12.2. The maximum absolute atomic E-state index is 12.2. The Kier molecular flexibility index (Phi) is 3.54. The van der Waals surface area contributed by atoms with Crippen LogP contribution >= 0.6 is 12.2 Å². The third kappa shape index (κ3) is 2.21. The van der Waals surface area contributed by atoms with E-state index in [0.717, 1.165) is 22.5 Å². The number of allylic oxidation sites excluding steroid dienone is 1. The van der Waals surface area contributed by atoms with Crippen molar-refractivity contribution in [1.82, 2.24) is 9.55 Å². The van der Waals surface area contributed by atoms with Gasteiger partial charge in [0.25, 0.3) is 5.56 Å². The average molecular weight is 313 g/mol. The molecule has 1 aliphatic rings. The van der Waals surface area contributed by atoms with Crippen molar-refractivity contribution in [2.24, 2.45) is 4.99 Å². The fourth-order valence-electron chi connectivity index (χ4n) is 2.56. The molecule has 0 amide bonds. The van der Waals surface area contributed by atoms with Crippen LogP contribution in [0.15, 0.2) is 34.1 Å². The van der Waals surface area contributed by atoms with Crippen LogP contribution in [0.25, 0.3) is 11.6 Å². The molecule has 0 unspecified atom stereocenters. The first-order chi connectivity index (χ1) is 10.5. The summed E-state index contributed by atoms with van der Waals surface area (Å²) in [6, 6.07) is 7.70.